The number of aliphatic hydroxyl groups is 2. The van der Waals surface area contributed by atoms with Crippen LogP contribution in [0.3, 0.4) is 0 Å². The lowest BCUT2D eigenvalue weighted by atomic mass is 9.32. The van der Waals surface area contributed by atoms with Crippen LogP contribution in [0.2, 0.25) is 0 Å². The molecular weight excluding hydrogens is 820 g/mol. The number of hydrogen-bond donors (Lipinski definition) is 2. The van der Waals surface area contributed by atoms with Gasteiger partial charge in [-0.25, -0.2) is 0 Å². The van der Waals surface area contributed by atoms with Crippen LogP contribution in [-0.2, 0) is 20.9 Å². The Hall–Kier alpha value is -4.74. The second kappa shape index (κ2) is 13.9. The fraction of sp³-hybridized carbons (Fsp3) is 0.528. The van der Waals surface area contributed by atoms with Gasteiger partial charge >= 0.3 is 12.3 Å². The van der Waals surface area contributed by atoms with Gasteiger partial charge in [-0.3, -0.25) is 14.4 Å². The number of carbonyl (C=O) groups is 3. The number of nitrogens with zero attached hydrogens (tertiary/aromatic N) is 1. The van der Waals surface area contributed by atoms with E-state index in [9.17, 15) is 28.2 Å². The van der Waals surface area contributed by atoms with Crippen molar-refractivity contribution in [3.8, 4) is 16.9 Å². The fourth-order valence-corrected chi connectivity index (χ4v) is 14.8. The number of alkyl halides is 3. The third-order valence-corrected chi connectivity index (χ3v) is 18.9. The van der Waals surface area contributed by atoms with Crippen molar-refractivity contribution < 1.29 is 47.2 Å². The number of amides is 1. The molecule has 1 saturated heterocycles. The monoisotopic (exact) mass is 877 g/mol. The van der Waals surface area contributed by atoms with E-state index in [0.717, 1.165) is 17.5 Å². The molecule has 10 atom stereocenters. The summed E-state index contributed by atoms with van der Waals surface area (Å²) in [5.41, 5.74) is -3.54. The van der Waals surface area contributed by atoms with Crippen molar-refractivity contribution in [2.24, 2.45) is 44.3 Å². The molecule has 11 heteroatoms. The smallest absolute Gasteiger partial charge is 0.448 e. The molecule has 11 rings (SSSR count). The largest absolute Gasteiger partial charge is 0.573 e. The van der Waals surface area contributed by atoms with Gasteiger partial charge in [0, 0.05) is 39.3 Å². The quantitative estimate of drug-likeness (QED) is 0.125. The number of aliphatic hydroxyl groups excluding tert-OH is 1. The number of ketones is 1. The molecule has 8 nitrogen and oxygen atoms in total. The lowest BCUT2D eigenvalue weighted by Crippen LogP contribution is -2.67. The Morgan fingerprint density at radius 1 is 0.812 bits per heavy atom. The van der Waals surface area contributed by atoms with Crippen LogP contribution in [0.15, 0.2) is 103 Å². The van der Waals surface area contributed by atoms with Crippen LogP contribution in [0.1, 0.15) is 108 Å². The van der Waals surface area contributed by atoms with Gasteiger partial charge in [0.2, 0.25) is 0 Å². The summed E-state index contributed by atoms with van der Waals surface area (Å²) >= 11 is 0. The summed E-state index contributed by atoms with van der Waals surface area (Å²) in [5.74, 6) is -1.50. The number of halogens is 3. The predicted molar refractivity (Wildman–Crippen MR) is 233 cm³/mol. The molecular formula is C53H58F3NO7. The Kier molecular flexibility index (Phi) is 9.37. The first-order valence-corrected chi connectivity index (χ1v) is 23.0. The van der Waals surface area contributed by atoms with Crippen molar-refractivity contribution in [3.63, 3.8) is 0 Å². The Morgan fingerprint density at radius 2 is 1.47 bits per heavy atom. The highest BCUT2D eigenvalue weighted by Crippen LogP contribution is 2.78. The molecule has 2 spiro atoms. The van der Waals surface area contributed by atoms with Crippen molar-refractivity contribution in [1.82, 2.24) is 4.90 Å². The standard InChI is InChI=1S/C53H58F3NO7/c1-45(2)48(5)25-28-52(45,64-44(48)61)43(60)57(31-33-15-17-36(18-16-33)63-53(54,55)56)32-50(62)24-21-41-47(50,4)23-20-40-46(3)22-19-35(58)29-49(46)26-27-51(40,41)39(30-49)42(59)38-14-10-9-13-37(38)34-11-7-6-8-12-34/h6-18,26-27,30,35,40-41,58,62H,19-25,28-29,31-32H2,1-5H3/t35?,40-,41-,46-,47+,48+,49+,50-,51-,52-/m1/s1. The summed E-state index contributed by atoms with van der Waals surface area (Å²) in [6.07, 6.45) is 6.34. The van der Waals surface area contributed by atoms with Gasteiger partial charge in [0.15, 0.2) is 11.4 Å². The van der Waals surface area contributed by atoms with Gasteiger partial charge in [0.25, 0.3) is 5.91 Å². The van der Waals surface area contributed by atoms with Crippen molar-refractivity contribution in [3.05, 3.63) is 114 Å². The van der Waals surface area contributed by atoms with E-state index in [0.29, 0.717) is 68.1 Å². The highest BCUT2D eigenvalue weighted by molar-refractivity contribution is 6.14. The SMILES string of the molecule is CC1(C)[C@@]2(C)CC[C@]1(C(=O)N(Cc1ccc(OC(F)(F)F)cc1)C[C@]1(O)CC[C@H]3[C@]45C=C[C@@]6(C=C4C(=O)c4ccccc4-c4ccccc4)CC(O)CC[C@]6(C)[C@H]5CC[C@@]31C)OC2=O. The Labute approximate surface area is 372 Å². The van der Waals surface area contributed by atoms with Gasteiger partial charge in [0.1, 0.15) is 5.75 Å². The molecule has 1 aliphatic heterocycles. The van der Waals surface area contributed by atoms with Gasteiger partial charge in [-0.2, -0.15) is 0 Å². The Morgan fingerprint density at radius 3 is 2.14 bits per heavy atom. The second-order valence-electron chi connectivity index (χ2n) is 21.6. The van der Waals surface area contributed by atoms with E-state index in [-0.39, 0.29) is 36.1 Å². The number of allylic oxidation sites excluding steroid dienone is 4. The molecule has 1 amide bonds. The zero-order chi connectivity index (χ0) is 45.5. The fourth-order valence-electron chi connectivity index (χ4n) is 14.8. The van der Waals surface area contributed by atoms with E-state index in [4.69, 9.17) is 4.74 Å². The van der Waals surface area contributed by atoms with Crippen LogP contribution in [0.25, 0.3) is 11.1 Å². The first kappa shape index (κ1) is 43.2. The summed E-state index contributed by atoms with van der Waals surface area (Å²) < 4.78 is 49.7. The van der Waals surface area contributed by atoms with Gasteiger partial charge in [-0.05, 0) is 111 Å². The van der Waals surface area contributed by atoms with Crippen molar-refractivity contribution in [2.75, 3.05) is 6.54 Å². The van der Waals surface area contributed by atoms with E-state index in [1.165, 1.54) is 24.3 Å². The minimum absolute atomic E-state index is 0.0367. The molecule has 1 heterocycles. The van der Waals surface area contributed by atoms with Gasteiger partial charge in [-0.1, -0.05) is 113 Å². The lowest BCUT2D eigenvalue weighted by Gasteiger charge is -2.71. The highest BCUT2D eigenvalue weighted by Gasteiger charge is 2.78. The topological polar surface area (TPSA) is 113 Å². The maximum atomic E-state index is 15.7. The maximum absolute atomic E-state index is 15.7. The number of fused-ring (bicyclic) bond motifs is 3. The average Bonchev–Trinajstić information content (AvgIpc) is 3.71. The van der Waals surface area contributed by atoms with E-state index in [1.54, 1.807) is 4.90 Å². The molecule has 5 fully saturated rings. The molecule has 1 unspecified atom stereocenters. The number of Topliss-reactive ketones (excluding diaryl/α,β-unsaturated/α-hetero) is 1. The average molecular weight is 878 g/mol. The summed E-state index contributed by atoms with van der Waals surface area (Å²) in [4.78, 5) is 46.1. The van der Waals surface area contributed by atoms with Crippen LogP contribution in [-0.4, -0.2) is 63.0 Å². The number of rotatable bonds is 9. The molecule has 0 aromatic heterocycles. The number of esters is 1. The second-order valence-corrected chi connectivity index (χ2v) is 21.6. The highest BCUT2D eigenvalue weighted by atomic mass is 19.4. The molecule has 64 heavy (non-hydrogen) atoms. The first-order chi connectivity index (χ1) is 30.1. The number of hydrogen-bond acceptors (Lipinski definition) is 7. The van der Waals surface area contributed by atoms with Gasteiger partial charge < -0.3 is 24.6 Å². The zero-order valence-electron chi connectivity index (χ0n) is 37.3. The molecule has 4 bridgehead atoms. The molecule has 8 aliphatic rings. The molecule has 4 saturated carbocycles. The van der Waals surface area contributed by atoms with Crippen LogP contribution >= 0.6 is 0 Å². The molecule has 3 aromatic rings. The zero-order valence-corrected chi connectivity index (χ0v) is 37.3. The summed E-state index contributed by atoms with van der Waals surface area (Å²) in [6.45, 7) is 9.89. The van der Waals surface area contributed by atoms with Crippen LogP contribution < -0.4 is 4.74 Å². The first-order valence-electron chi connectivity index (χ1n) is 23.0. The number of benzene rings is 3. The van der Waals surface area contributed by atoms with Crippen LogP contribution in [0.5, 0.6) is 5.75 Å². The summed E-state index contributed by atoms with van der Waals surface area (Å²) in [7, 11) is 0. The van der Waals surface area contributed by atoms with Crippen molar-refractivity contribution >= 4 is 17.7 Å². The Balaban J connectivity index is 1.06. The molecule has 2 N–H and O–H groups in total. The van der Waals surface area contributed by atoms with E-state index < -0.39 is 68.4 Å². The van der Waals surface area contributed by atoms with E-state index in [1.807, 2.05) is 75.4 Å². The maximum Gasteiger partial charge on any atom is 0.573 e. The third-order valence-electron chi connectivity index (χ3n) is 18.9. The van der Waals surface area contributed by atoms with Crippen LogP contribution in [0, 0.1) is 44.3 Å². The molecule has 0 radical (unpaired) electrons. The normalized spacial score (nSPS) is 38.8. The minimum atomic E-state index is -4.88. The third kappa shape index (κ3) is 5.64. The van der Waals surface area contributed by atoms with E-state index >= 15 is 9.59 Å². The number of carbonyl (C=O) groups excluding carboxylic acids is 3. The van der Waals surface area contributed by atoms with Gasteiger partial charge in [-0.15, -0.1) is 13.2 Å². The minimum Gasteiger partial charge on any atom is -0.448 e. The lowest BCUT2D eigenvalue weighted by molar-refractivity contribution is -0.274. The van der Waals surface area contributed by atoms with Crippen molar-refractivity contribution in [1.29, 1.82) is 0 Å². The van der Waals surface area contributed by atoms with Crippen LogP contribution in [0.4, 0.5) is 13.2 Å². The summed E-state index contributed by atoms with van der Waals surface area (Å²) in [6, 6.07) is 23.0. The molecule has 7 aliphatic carbocycles. The number of ether oxygens (including phenoxy) is 2. The Bertz CT molecular complexity index is 2500. The summed E-state index contributed by atoms with van der Waals surface area (Å²) in [5, 5.41) is 24.8. The van der Waals surface area contributed by atoms with Gasteiger partial charge in [0.05, 0.1) is 23.7 Å². The van der Waals surface area contributed by atoms with E-state index in [2.05, 4.69) is 36.8 Å². The van der Waals surface area contributed by atoms with Crippen molar-refractivity contribution in [2.45, 2.75) is 123 Å². The molecule has 338 valence electrons. The molecule has 3 aromatic carbocycles. The predicted octanol–water partition coefficient (Wildman–Crippen LogP) is 10.2.